The quantitative estimate of drug-likeness (QED) is 0.187. The number of furan rings is 1. The summed E-state index contributed by atoms with van der Waals surface area (Å²) in [6.45, 7) is 0. The predicted molar refractivity (Wildman–Crippen MR) is 190 cm³/mol. The van der Waals surface area contributed by atoms with Crippen LogP contribution in [0.5, 0.6) is 0 Å². The molecule has 0 aliphatic carbocycles. The van der Waals surface area contributed by atoms with E-state index >= 15 is 0 Å². The molecular formula is C44H28O. The first kappa shape index (κ1) is 14.7. The lowest BCUT2D eigenvalue weighted by molar-refractivity contribution is 0.670. The third-order valence-electron chi connectivity index (χ3n) is 8.03. The Morgan fingerprint density at radius 2 is 1.02 bits per heavy atom. The molecule has 9 aromatic rings. The van der Waals surface area contributed by atoms with Crippen LogP contribution < -0.4 is 0 Å². The highest BCUT2D eigenvalue weighted by molar-refractivity contribution is 6.23. The molecule has 0 bridgehead atoms. The standard InChI is InChI=1S/C44H28O/c1-3-15-29(16-4-1)32-19-7-8-21-34(32)43-37-24-11-9-22-35(37)42(36-23-10-12-25-38(36)43)31-27-39(30-17-5-2-6-18-30)44-40(28-31)33-20-13-14-26-41(33)45-44/h1-28H/i1D,3D,7D,8D,9D,10D,11D,12D,16D,19D,21D,22D,23D,24D,25D. The van der Waals surface area contributed by atoms with E-state index in [1.165, 1.54) is 0 Å². The lowest BCUT2D eigenvalue weighted by Crippen LogP contribution is -1.93. The Bertz CT molecular complexity index is 3290. The highest BCUT2D eigenvalue weighted by Crippen LogP contribution is 2.48. The van der Waals surface area contributed by atoms with Gasteiger partial charge in [0.05, 0.1) is 20.6 Å². The zero-order chi connectivity index (χ0) is 42.8. The van der Waals surface area contributed by atoms with Gasteiger partial charge >= 0.3 is 0 Å². The molecule has 0 aliphatic heterocycles. The zero-order valence-electron chi connectivity index (χ0n) is 38.4. The molecule has 0 saturated carbocycles. The number of benzene rings is 8. The fourth-order valence-corrected chi connectivity index (χ4v) is 6.12. The fourth-order valence-electron chi connectivity index (χ4n) is 6.12. The van der Waals surface area contributed by atoms with E-state index in [1.54, 1.807) is 18.2 Å². The minimum absolute atomic E-state index is 0.0164. The van der Waals surface area contributed by atoms with Crippen molar-refractivity contribution in [3.63, 3.8) is 0 Å². The second kappa shape index (κ2) is 10.4. The minimum Gasteiger partial charge on any atom is -0.455 e. The monoisotopic (exact) mass is 587 g/mol. The van der Waals surface area contributed by atoms with E-state index in [-0.39, 0.29) is 61.9 Å². The van der Waals surface area contributed by atoms with Crippen molar-refractivity contribution >= 4 is 43.5 Å². The normalized spacial score (nSPS) is 16.2. The van der Waals surface area contributed by atoms with Crippen molar-refractivity contribution in [1.29, 1.82) is 0 Å². The molecule has 8 aromatic carbocycles. The molecule has 0 unspecified atom stereocenters. The van der Waals surface area contributed by atoms with Gasteiger partial charge in [0, 0.05) is 16.3 Å². The van der Waals surface area contributed by atoms with Crippen LogP contribution in [0.4, 0.5) is 0 Å². The Morgan fingerprint density at radius 3 is 1.78 bits per heavy atom. The van der Waals surface area contributed by atoms with Crippen LogP contribution in [-0.2, 0) is 0 Å². The second-order valence-corrected chi connectivity index (χ2v) is 10.5. The molecule has 0 atom stereocenters. The Kier molecular flexibility index (Phi) is 3.39. The van der Waals surface area contributed by atoms with Crippen LogP contribution in [0.1, 0.15) is 20.6 Å². The maximum Gasteiger partial charge on any atom is 0.143 e. The zero-order valence-corrected chi connectivity index (χ0v) is 23.4. The molecule has 1 heterocycles. The molecule has 0 radical (unpaired) electrons. The lowest BCUT2D eigenvalue weighted by Gasteiger charge is -2.20. The van der Waals surface area contributed by atoms with E-state index in [2.05, 4.69) is 0 Å². The van der Waals surface area contributed by atoms with Crippen molar-refractivity contribution in [3.05, 3.63) is 169 Å². The van der Waals surface area contributed by atoms with E-state index in [0.29, 0.717) is 33.1 Å². The van der Waals surface area contributed by atoms with Gasteiger partial charge in [-0.15, -0.1) is 0 Å². The Morgan fingerprint density at radius 1 is 0.378 bits per heavy atom. The maximum absolute atomic E-state index is 9.50. The van der Waals surface area contributed by atoms with Gasteiger partial charge in [-0.25, -0.2) is 0 Å². The van der Waals surface area contributed by atoms with Gasteiger partial charge in [-0.3, -0.25) is 0 Å². The third kappa shape index (κ3) is 4.09. The summed E-state index contributed by atoms with van der Waals surface area (Å²) in [6, 6.07) is 13.0. The SMILES string of the molecule is [2H]c1cc([2H])c(-c2c([2H])c([2H])c([2H])c([2H])c2-c2c3c([2H])c([2H])c([2H])c([2H])c3c(-c3cc(-c4ccccc4)c4oc5ccccc5c4c3)c3c([2H])c([2H])c([2H])c([2H])c23)cc1[2H]. The van der Waals surface area contributed by atoms with E-state index in [1.807, 2.05) is 48.5 Å². The largest absolute Gasteiger partial charge is 0.455 e. The summed E-state index contributed by atoms with van der Waals surface area (Å²) in [5.74, 6) is 0. The highest BCUT2D eigenvalue weighted by atomic mass is 16.3. The summed E-state index contributed by atoms with van der Waals surface area (Å²) in [5, 5.41) is 0.351. The highest BCUT2D eigenvalue weighted by Gasteiger charge is 2.21. The molecular weight excluding hydrogens is 544 g/mol. The lowest BCUT2D eigenvalue weighted by atomic mass is 9.83. The predicted octanol–water partition coefficient (Wildman–Crippen LogP) is 12.6. The maximum atomic E-state index is 9.50. The second-order valence-electron chi connectivity index (χ2n) is 10.5. The van der Waals surface area contributed by atoms with Gasteiger partial charge in [0.25, 0.3) is 0 Å². The van der Waals surface area contributed by atoms with Crippen molar-refractivity contribution in [2.24, 2.45) is 0 Å². The Labute approximate surface area is 282 Å². The van der Waals surface area contributed by atoms with E-state index in [9.17, 15) is 6.85 Å². The topological polar surface area (TPSA) is 13.1 Å². The first-order chi connectivity index (χ1) is 28.5. The first-order valence-electron chi connectivity index (χ1n) is 21.7. The average Bonchev–Trinajstić information content (AvgIpc) is 3.63. The molecule has 0 saturated heterocycles. The van der Waals surface area contributed by atoms with Gasteiger partial charge in [0.2, 0.25) is 0 Å². The van der Waals surface area contributed by atoms with Gasteiger partial charge in [0.1, 0.15) is 11.2 Å². The average molecular weight is 588 g/mol. The van der Waals surface area contributed by atoms with Crippen LogP contribution in [-0.4, -0.2) is 0 Å². The molecule has 0 fully saturated rings. The van der Waals surface area contributed by atoms with Gasteiger partial charge in [0.15, 0.2) is 0 Å². The van der Waals surface area contributed by atoms with Crippen molar-refractivity contribution < 1.29 is 25.0 Å². The van der Waals surface area contributed by atoms with Gasteiger partial charge in [-0.2, -0.15) is 0 Å². The van der Waals surface area contributed by atoms with Crippen molar-refractivity contribution in [2.75, 3.05) is 0 Å². The van der Waals surface area contributed by atoms with Crippen LogP contribution in [0.25, 0.3) is 88.0 Å². The molecule has 0 amide bonds. The molecule has 0 N–H and O–H groups in total. The smallest absolute Gasteiger partial charge is 0.143 e. The summed E-state index contributed by atoms with van der Waals surface area (Å²) in [5.41, 5.74) is 1.38. The van der Waals surface area contributed by atoms with Gasteiger partial charge in [-0.1, -0.05) is 151 Å². The number of fused-ring (bicyclic) bond motifs is 5. The van der Waals surface area contributed by atoms with Crippen molar-refractivity contribution in [2.45, 2.75) is 0 Å². The summed E-state index contributed by atoms with van der Waals surface area (Å²) < 4.78 is 141. The van der Waals surface area contributed by atoms with Crippen LogP contribution in [0.2, 0.25) is 0 Å². The number of rotatable bonds is 4. The van der Waals surface area contributed by atoms with E-state index < -0.39 is 78.1 Å². The van der Waals surface area contributed by atoms with E-state index in [4.69, 9.17) is 18.1 Å². The number of para-hydroxylation sites is 1. The first-order valence-corrected chi connectivity index (χ1v) is 14.2. The summed E-state index contributed by atoms with van der Waals surface area (Å²) in [6.07, 6.45) is 0. The van der Waals surface area contributed by atoms with E-state index in [0.717, 1.165) is 17.7 Å². The van der Waals surface area contributed by atoms with Crippen molar-refractivity contribution in [1.82, 2.24) is 0 Å². The molecule has 1 aromatic heterocycles. The minimum atomic E-state index is -0.759. The molecule has 1 heteroatoms. The molecule has 0 spiro atoms. The molecule has 1 nitrogen and oxygen atoms in total. The van der Waals surface area contributed by atoms with Crippen LogP contribution in [0, 0.1) is 0 Å². The van der Waals surface area contributed by atoms with Crippen LogP contribution >= 0.6 is 0 Å². The van der Waals surface area contributed by atoms with Crippen molar-refractivity contribution in [3.8, 4) is 44.5 Å². The molecule has 45 heavy (non-hydrogen) atoms. The van der Waals surface area contributed by atoms with Crippen LogP contribution in [0.15, 0.2) is 174 Å². The van der Waals surface area contributed by atoms with Gasteiger partial charge in [-0.05, 0) is 78.7 Å². The fraction of sp³-hybridized carbons (Fsp3) is 0. The number of hydrogen-bond donors (Lipinski definition) is 0. The Hall–Kier alpha value is -5.92. The number of hydrogen-bond acceptors (Lipinski definition) is 1. The molecule has 0 aliphatic rings. The summed E-state index contributed by atoms with van der Waals surface area (Å²) in [4.78, 5) is 0. The van der Waals surface area contributed by atoms with Gasteiger partial charge < -0.3 is 4.42 Å². The third-order valence-corrected chi connectivity index (χ3v) is 8.03. The van der Waals surface area contributed by atoms with Crippen LogP contribution in [0.3, 0.4) is 0 Å². The summed E-state index contributed by atoms with van der Waals surface area (Å²) in [7, 11) is 0. The molecule has 210 valence electrons. The summed E-state index contributed by atoms with van der Waals surface area (Å²) >= 11 is 0. The Balaban J connectivity index is 1.61. The molecule has 9 rings (SSSR count).